The summed E-state index contributed by atoms with van der Waals surface area (Å²) in [7, 11) is 0. The summed E-state index contributed by atoms with van der Waals surface area (Å²) < 4.78 is 7.30. The van der Waals surface area contributed by atoms with E-state index in [-0.39, 0.29) is 12.6 Å². The van der Waals surface area contributed by atoms with Gasteiger partial charge in [0.05, 0.1) is 5.56 Å². The molecular formula is C21H20N4O2. The molecule has 27 heavy (non-hydrogen) atoms. The number of rotatable bonds is 6. The molecule has 0 bridgehead atoms. The van der Waals surface area contributed by atoms with Crippen molar-refractivity contribution in [2.24, 2.45) is 0 Å². The van der Waals surface area contributed by atoms with Gasteiger partial charge in [-0.3, -0.25) is 0 Å². The van der Waals surface area contributed by atoms with Crippen molar-refractivity contribution in [2.75, 3.05) is 0 Å². The standard InChI is InChI=1S/C21H20N4O2/c1-2-3-12-25-19(22-23-24-25)14-27-21(26)20-17-10-6-4-8-15(17)13-16-9-5-7-11-18(16)20/h4-11,13H,2-3,12,14H2,1H3. The topological polar surface area (TPSA) is 69.9 Å². The lowest BCUT2D eigenvalue weighted by molar-refractivity contribution is 0.0461. The highest BCUT2D eigenvalue weighted by molar-refractivity contribution is 6.16. The minimum Gasteiger partial charge on any atom is -0.454 e. The van der Waals surface area contributed by atoms with Crippen LogP contribution in [0.4, 0.5) is 0 Å². The normalized spacial score (nSPS) is 11.1. The highest BCUT2D eigenvalue weighted by Gasteiger charge is 2.17. The lowest BCUT2D eigenvalue weighted by Crippen LogP contribution is -2.12. The third kappa shape index (κ3) is 3.38. The quantitative estimate of drug-likeness (QED) is 0.382. The SMILES string of the molecule is CCCCn1nnnc1COC(=O)c1c2ccccc2cc2ccccc12. The van der Waals surface area contributed by atoms with Crippen LogP contribution in [0.25, 0.3) is 21.5 Å². The summed E-state index contributed by atoms with van der Waals surface area (Å²) in [6.07, 6.45) is 2.01. The number of hydrogen-bond donors (Lipinski definition) is 0. The molecule has 6 nitrogen and oxygen atoms in total. The number of carbonyl (C=O) groups is 1. The molecule has 1 heterocycles. The number of aryl methyl sites for hydroxylation is 1. The maximum atomic E-state index is 13.0. The van der Waals surface area contributed by atoms with Crippen LogP contribution in [0, 0.1) is 0 Å². The van der Waals surface area contributed by atoms with Gasteiger partial charge in [0.2, 0.25) is 0 Å². The fourth-order valence-corrected chi connectivity index (χ4v) is 3.24. The van der Waals surface area contributed by atoms with Gasteiger partial charge >= 0.3 is 5.97 Å². The van der Waals surface area contributed by atoms with Gasteiger partial charge in [-0.15, -0.1) is 5.10 Å². The molecule has 0 aliphatic heterocycles. The van der Waals surface area contributed by atoms with Gasteiger partial charge in [-0.05, 0) is 44.5 Å². The summed E-state index contributed by atoms with van der Waals surface area (Å²) in [5.74, 6) is 0.189. The Morgan fingerprint density at radius 3 is 2.37 bits per heavy atom. The van der Waals surface area contributed by atoms with E-state index < -0.39 is 0 Å². The first-order valence-corrected chi connectivity index (χ1v) is 9.10. The first kappa shape index (κ1) is 17.1. The molecule has 0 N–H and O–H groups in total. The van der Waals surface area contributed by atoms with Crippen molar-refractivity contribution in [3.8, 4) is 0 Å². The third-order valence-electron chi connectivity index (χ3n) is 4.64. The molecule has 0 radical (unpaired) electrons. The van der Waals surface area contributed by atoms with E-state index in [1.807, 2.05) is 48.5 Å². The molecule has 1 aromatic heterocycles. The van der Waals surface area contributed by atoms with E-state index in [2.05, 4.69) is 28.5 Å². The Balaban J connectivity index is 1.67. The monoisotopic (exact) mass is 360 g/mol. The third-order valence-corrected chi connectivity index (χ3v) is 4.64. The van der Waals surface area contributed by atoms with Crippen LogP contribution in [0.15, 0.2) is 54.6 Å². The second-order valence-corrected chi connectivity index (χ2v) is 6.44. The maximum Gasteiger partial charge on any atom is 0.339 e. The molecule has 4 rings (SSSR count). The van der Waals surface area contributed by atoms with Crippen molar-refractivity contribution in [3.05, 3.63) is 66.0 Å². The molecule has 0 aliphatic carbocycles. The predicted octanol–water partition coefficient (Wildman–Crippen LogP) is 4.14. The summed E-state index contributed by atoms with van der Waals surface area (Å²) in [5, 5.41) is 15.4. The number of benzene rings is 3. The van der Waals surface area contributed by atoms with Gasteiger partial charge in [-0.2, -0.15) is 0 Å². The van der Waals surface area contributed by atoms with E-state index in [1.54, 1.807) is 4.68 Å². The Kier molecular flexibility index (Phi) is 4.78. The second kappa shape index (κ2) is 7.53. The van der Waals surface area contributed by atoms with Crippen molar-refractivity contribution < 1.29 is 9.53 Å². The molecule has 4 aromatic rings. The van der Waals surface area contributed by atoms with Crippen LogP contribution in [0.3, 0.4) is 0 Å². The number of aromatic nitrogens is 4. The summed E-state index contributed by atoms with van der Waals surface area (Å²) in [4.78, 5) is 13.0. The molecule has 136 valence electrons. The van der Waals surface area contributed by atoms with Gasteiger partial charge in [-0.1, -0.05) is 61.9 Å². The Morgan fingerprint density at radius 2 is 1.70 bits per heavy atom. The fourth-order valence-electron chi connectivity index (χ4n) is 3.24. The van der Waals surface area contributed by atoms with E-state index >= 15 is 0 Å². The summed E-state index contributed by atoms with van der Waals surface area (Å²) in [6, 6.07) is 17.8. The summed E-state index contributed by atoms with van der Waals surface area (Å²) in [5.41, 5.74) is 0.580. The van der Waals surface area contributed by atoms with Gasteiger partial charge in [-0.25, -0.2) is 9.48 Å². The smallest absolute Gasteiger partial charge is 0.339 e. The number of hydrogen-bond acceptors (Lipinski definition) is 5. The first-order valence-electron chi connectivity index (χ1n) is 9.10. The van der Waals surface area contributed by atoms with Gasteiger partial charge < -0.3 is 4.74 Å². The lowest BCUT2D eigenvalue weighted by atomic mass is 9.97. The molecule has 0 saturated heterocycles. The van der Waals surface area contributed by atoms with Crippen LogP contribution >= 0.6 is 0 Å². The molecule has 0 unspecified atom stereocenters. The van der Waals surface area contributed by atoms with Crippen molar-refractivity contribution in [1.82, 2.24) is 20.2 Å². The summed E-state index contributed by atoms with van der Waals surface area (Å²) in [6.45, 7) is 2.87. The number of unbranched alkanes of at least 4 members (excludes halogenated alkanes) is 1. The number of nitrogens with zero attached hydrogens (tertiary/aromatic N) is 4. The molecule has 3 aromatic carbocycles. The Labute approximate surface area is 156 Å². The summed E-state index contributed by atoms with van der Waals surface area (Å²) >= 11 is 0. The van der Waals surface area contributed by atoms with E-state index in [0.29, 0.717) is 17.9 Å². The van der Waals surface area contributed by atoms with Crippen molar-refractivity contribution >= 4 is 27.5 Å². The zero-order chi connectivity index (χ0) is 18.6. The highest BCUT2D eigenvalue weighted by atomic mass is 16.5. The molecule has 0 aliphatic rings. The van der Waals surface area contributed by atoms with Crippen LogP contribution in [0.2, 0.25) is 0 Å². The van der Waals surface area contributed by atoms with Gasteiger partial charge in [0, 0.05) is 6.54 Å². The zero-order valence-corrected chi connectivity index (χ0v) is 15.1. The molecule has 0 saturated carbocycles. The van der Waals surface area contributed by atoms with Gasteiger partial charge in [0.25, 0.3) is 0 Å². The average molecular weight is 360 g/mol. The largest absolute Gasteiger partial charge is 0.454 e. The minimum absolute atomic E-state index is 0.0487. The minimum atomic E-state index is -0.368. The van der Waals surface area contributed by atoms with Crippen LogP contribution in [0.5, 0.6) is 0 Å². The first-order chi connectivity index (χ1) is 13.3. The number of fused-ring (bicyclic) bond motifs is 2. The molecule has 0 fully saturated rings. The molecule has 0 amide bonds. The molecule has 0 spiro atoms. The van der Waals surface area contributed by atoms with Crippen molar-refractivity contribution in [1.29, 1.82) is 0 Å². The lowest BCUT2D eigenvalue weighted by Gasteiger charge is -2.11. The van der Waals surface area contributed by atoms with Crippen molar-refractivity contribution in [3.63, 3.8) is 0 Å². The Morgan fingerprint density at radius 1 is 1.04 bits per heavy atom. The predicted molar refractivity (Wildman–Crippen MR) is 103 cm³/mol. The van der Waals surface area contributed by atoms with Crippen LogP contribution in [-0.2, 0) is 17.9 Å². The average Bonchev–Trinajstić information content (AvgIpc) is 3.16. The second-order valence-electron chi connectivity index (χ2n) is 6.44. The molecule has 6 heteroatoms. The van der Waals surface area contributed by atoms with Gasteiger partial charge in [0.1, 0.15) is 0 Å². The maximum absolute atomic E-state index is 13.0. The Bertz CT molecular complexity index is 1050. The fraction of sp³-hybridized carbons (Fsp3) is 0.238. The molecular weight excluding hydrogens is 340 g/mol. The van der Waals surface area contributed by atoms with Crippen LogP contribution < -0.4 is 0 Å². The van der Waals surface area contributed by atoms with Crippen LogP contribution in [-0.4, -0.2) is 26.2 Å². The molecule has 0 atom stereocenters. The number of carbonyl (C=O) groups excluding carboxylic acids is 1. The number of tetrazole rings is 1. The number of esters is 1. The van der Waals surface area contributed by atoms with E-state index in [0.717, 1.165) is 34.4 Å². The van der Waals surface area contributed by atoms with E-state index in [4.69, 9.17) is 4.74 Å². The van der Waals surface area contributed by atoms with E-state index in [1.165, 1.54) is 0 Å². The van der Waals surface area contributed by atoms with Crippen molar-refractivity contribution in [2.45, 2.75) is 32.9 Å². The zero-order valence-electron chi connectivity index (χ0n) is 15.1. The number of ether oxygens (including phenoxy) is 1. The highest BCUT2D eigenvalue weighted by Crippen LogP contribution is 2.29. The Hall–Kier alpha value is -3.28. The van der Waals surface area contributed by atoms with E-state index in [9.17, 15) is 4.79 Å². The van der Waals surface area contributed by atoms with Crippen LogP contribution in [0.1, 0.15) is 35.9 Å². The van der Waals surface area contributed by atoms with Gasteiger partial charge in [0.15, 0.2) is 12.4 Å².